The van der Waals surface area contributed by atoms with Crippen LogP contribution in [0.1, 0.15) is 19.0 Å². The molecule has 0 aliphatic carbocycles. The molecule has 1 fully saturated rings. The van der Waals surface area contributed by atoms with E-state index >= 15 is 0 Å². The second kappa shape index (κ2) is 4.52. The number of aryl methyl sites for hydroxylation is 1. The molecule has 2 amide bonds. The monoisotopic (exact) mass is 237 g/mol. The van der Waals surface area contributed by atoms with Gasteiger partial charge in [0, 0.05) is 25.7 Å². The van der Waals surface area contributed by atoms with Gasteiger partial charge in [-0.1, -0.05) is 5.21 Å². The second-order valence-electron chi connectivity index (χ2n) is 4.24. The number of nitrogens with one attached hydrogen (secondary N) is 1. The molecule has 92 valence electrons. The molecule has 1 aliphatic rings. The van der Waals surface area contributed by atoms with Crippen molar-refractivity contribution in [2.75, 3.05) is 6.54 Å². The van der Waals surface area contributed by atoms with Crippen LogP contribution >= 0.6 is 0 Å². The van der Waals surface area contributed by atoms with Gasteiger partial charge in [-0.05, 0) is 6.92 Å². The van der Waals surface area contributed by atoms with E-state index in [0.29, 0.717) is 13.0 Å². The summed E-state index contributed by atoms with van der Waals surface area (Å²) in [5, 5.41) is 10.3. The first kappa shape index (κ1) is 11.6. The molecule has 7 nitrogen and oxygen atoms in total. The summed E-state index contributed by atoms with van der Waals surface area (Å²) in [5.74, 6) is -0.179. The molecule has 1 unspecified atom stereocenters. The van der Waals surface area contributed by atoms with E-state index in [9.17, 15) is 9.59 Å². The number of carbonyl (C=O) groups is 2. The molecule has 0 aromatic carbocycles. The van der Waals surface area contributed by atoms with Gasteiger partial charge in [0.1, 0.15) is 5.69 Å². The Morgan fingerprint density at radius 1 is 1.53 bits per heavy atom. The third-order valence-electron chi connectivity index (χ3n) is 2.75. The third kappa shape index (κ3) is 2.61. The fraction of sp³-hybridized carbons (Fsp3) is 0.600. The quantitative estimate of drug-likeness (QED) is 0.719. The standard InChI is InChI=1S/C10H15N5O2/c1-7-3-9(16)11-4-10(17)15(7)6-8-5-14(2)13-12-8/h5,7H,3-4,6H2,1-2H3,(H,11,16). The van der Waals surface area contributed by atoms with E-state index in [4.69, 9.17) is 0 Å². The van der Waals surface area contributed by atoms with Crippen molar-refractivity contribution in [3.63, 3.8) is 0 Å². The van der Waals surface area contributed by atoms with E-state index in [1.807, 2.05) is 6.92 Å². The van der Waals surface area contributed by atoms with E-state index < -0.39 is 0 Å². The highest BCUT2D eigenvalue weighted by Gasteiger charge is 2.26. The van der Waals surface area contributed by atoms with Crippen LogP contribution in [0.2, 0.25) is 0 Å². The summed E-state index contributed by atoms with van der Waals surface area (Å²) < 4.78 is 1.59. The Bertz CT molecular complexity index is 442. The van der Waals surface area contributed by atoms with Crippen LogP contribution < -0.4 is 5.32 Å². The van der Waals surface area contributed by atoms with Crippen molar-refractivity contribution in [3.05, 3.63) is 11.9 Å². The second-order valence-corrected chi connectivity index (χ2v) is 4.24. The SMILES string of the molecule is CC1CC(=O)NCC(=O)N1Cc1cn(C)nn1. The average Bonchev–Trinajstić information content (AvgIpc) is 2.63. The lowest BCUT2D eigenvalue weighted by atomic mass is 10.2. The minimum Gasteiger partial charge on any atom is -0.347 e. The van der Waals surface area contributed by atoms with Crippen molar-refractivity contribution in [2.45, 2.75) is 25.9 Å². The van der Waals surface area contributed by atoms with E-state index in [-0.39, 0.29) is 24.4 Å². The summed E-state index contributed by atoms with van der Waals surface area (Å²) in [6.45, 7) is 2.31. The minimum atomic E-state index is -0.119. The zero-order chi connectivity index (χ0) is 12.4. The highest BCUT2D eigenvalue weighted by molar-refractivity contribution is 5.87. The van der Waals surface area contributed by atoms with Gasteiger partial charge in [0.2, 0.25) is 11.8 Å². The molecule has 0 bridgehead atoms. The van der Waals surface area contributed by atoms with Gasteiger partial charge >= 0.3 is 0 Å². The summed E-state index contributed by atoms with van der Waals surface area (Å²) in [4.78, 5) is 24.8. The van der Waals surface area contributed by atoms with Crippen LogP contribution in [0, 0.1) is 0 Å². The van der Waals surface area contributed by atoms with Gasteiger partial charge in [-0.25, -0.2) is 0 Å². The predicted octanol–water partition coefficient (Wildman–Crippen LogP) is -0.948. The van der Waals surface area contributed by atoms with E-state index in [1.54, 1.807) is 22.8 Å². The van der Waals surface area contributed by atoms with E-state index in [0.717, 1.165) is 5.69 Å². The number of nitrogens with zero attached hydrogens (tertiary/aromatic N) is 4. The minimum absolute atomic E-state index is 0.0590. The fourth-order valence-electron chi connectivity index (χ4n) is 1.86. The lowest BCUT2D eigenvalue weighted by Gasteiger charge is -2.25. The first-order valence-electron chi connectivity index (χ1n) is 5.47. The number of hydrogen-bond acceptors (Lipinski definition) is 4. The molecule has 1 saturated heterocycles. The number of carbonyl (C=O) groups excluding carboxylic acids is 2. The van der Waals surface area contributed by atoms with Crippen molar-refractivity contribution in [1.29, 1.82) is 0 Å². The Morgan fingerprint density at radius 3 is 2.94 bits per heavy atom. The first-order valence-corrected chi connectivity index (χ1v) is 5.47. The van der Waals surface area contributed by atoms with Gasteiger partial charge in [-0.3, -0.25) is 14.3 Å². The molecule has 1 atom stereocenters. The van der Waals surface area contributed by atoms with Crippen LogP contribution in [0.3, 0.4) is 0 Å². The first-order chi connectivity index (χ1) is 8.06. The maximum absolute atomic E-state index is 11.8. The van der Waals surface area contributed by atoms with Crippen LogP contribution in [0.5, 0.6) is 0 Å². The third-order valence-corrected chi connectivity index (χ3v) is 2.75. The highest BCUT2D eigenvalue weighted by Crippen LogP contribution is 2.11. The van der Waals surface area contributed by atoms with Gasteiger partial charge in [0.05, 0.1) is 13.1 Å². The topological polar surface area (TPSA) is 80.1 Å². The van der Waals surface area contributed by atoms with Gasteiger partial charge in [0.15, 0.2) is 0 Å². The normalized spacial score (nSPS) is 21.3. The van der Waals surface area contributed by atoms with Crippen LogP contribution in [0.15, 0.2) is 6.20 Å². The number of hydrogen-bond donors (Lipinski definition) is 1. The molecule has 2 heterocycles. The molecule has 1 aromatic rings. The lowest BCUT2D eigenvalue weighted by molar-refractivity contribution is -0.132. The Kier molecular flexibility index (Phi) is 3.08. The van der Waals surface area contributed by atoms with E-state index in [2.05, 4.69) is 15.6 Å². The molecule has 1 aromatic heterocycles. The van der Waals surface area contributed by atoms with Crippen LogP contribution in [0.4, 0.5) is 0 Å². The van der Waals surface area contributed by atoms with Crippen LogP contribution in [0.25, 0.3) is 0 Å². The predicted molar refractivity (Wildman–Crippen MR) is 58.6 cm³/mol. The highest BCUT2D eigenvalue weighted by atomic mass is 16.2. The molecule has 1 aliphatic heterocycles. The zero-order valence-electron chi connectivity index (χ0n) is 9.88. The maximum atomic E-state index is 11.8. The van der Waals surface area contributed by atoms with Crippen LogP contribution in [-0.4, -0.2) is 44.3 Å². The van der Waals surface area contributed by atoms with E-state index in [1.165, 1.54) is 0 Å². The smallest absolute Gasteiger partial charge is 0.242 e. The zero-order valence-corrected chi connectivity index (χ0v) is 9.88. The summed E-state index contributed by atoms with van der Waals surface area (Å²) in [7, 11) is 1.77. The summed E-state index contributed by atoms with van der Waals surface area (Å²) in [5.41, 5.74) is 0.724. The van der Waals surface area contributed by atoms with Crippen molar-refractivity contribution < 1.29 is 9.59 Å². The van der Waals surface area contributed by atoms with Crippen molar-refractivity contribution in [3.8, 4) is 0 Å². The number of rotatable bonds is 2. The molecule has 1 N–H and O–H groups in total. The van der Waals surface area contributed by atoms with Gasteiger partial charge in [0.25, 0.3) is 0 Å². The number of aromatic nitrogens is 3. The number of amides is 2. The van der Waals surface area contributed by atoms with Crippen molar-refractivity contribution in [1.82, 2.24) is 25.2 Å². The van der Waals surface area contributed by atoms with Gasteiger partial charge in [-0.15, -0.1) is 5.10 Å². The molecular formula is C10H15N5O2. The van der Waals surface area contributed by atoms with Crippen LogP contribution in [-0.2, 0) is 23.2 Å². The largest absolute Gasteiger partial charge is 0.347 e. The molecule has 2 rings (SSSR count). The Hall–Kier alpha value is -1.92. The fourth-order valence-corrected chi connectivity index (χ4v) is 1.86. The summed E-state index contributed by atoms with van der Waals surface area (Å²) >= 11 is 0. The van der Waals surface area contributed by atoms with Crippen molar-refractivity contribution >= 4 is 11.8 Å². The maximum Gasteiger partial charge on any atom is 0.242 e. The Balaban J connectivity index is 2.12. The molecule has 0 spiro atoms. The lowest BCUT2D eigenvalue weighted by Crippen LogP contribution is -2.39. The molecule has 0 radical (unpaired) electrons. The Labute approximate surface area is 98.8 Å². The molecule has 0 saturated carbocycles. The van der Waals surface area contributed by atoms with Gasteiger partial charge < -0.3 is 10.2 Å². The molecule has 7 heteroatoms. The van der Waals surface area contributed by atoms with Gasteiger partial charge in [-0.2, -0.15) is 0 Å². The van der Waals surface area contributed by atoms with Crippen molar-refractivity contribution in [2.24, 2.45) is 7.05 Å². The summed E-state index contributed by atoms with van der Waals surface area (Å²) in [6, 6.07) is -0.119. The Morgan fingerprint density at radius 2 is 2.29 bits per heavy atom. The average molecular weight is 237 g/mol. The molecular weight excluding hydrogens is 222 g/mol. The molecule has 17 heavy (non-hydrogen) atoms. The summed E-state index contributed by atoms with van der Waals surface area (Å²) in [6.07, 6.45) is 2.09.